The summed E-state index contributed by atoms with van der Waals surface area (Å²) in [4.78, 5) is 34.9. The van der Waals surface area contributed by atoms with Gasteiger partial charge in [-0.15, -0.1) is 11.3 Å². The summed E-state index contributed by atoms with van der Waals surface area (Å²) in [5, 5.41) is 6.82. The van der Waals surface area contributed by atoms with Gasteiger partial charge in [0, 0.05) is 0 Å². The van der Waals surface area contributed by atoms with E-state index in [1.165, 1.54) is 11.3 Å². The SMILES string of the molecule is CC(C)[C@@H](NC(=O)c1cccs1)C(=O)NCC(N)=O. The van der Waals surface area contributed by atoms with E-state index >= 15 is 0 Å². The number of thiophene rings is 1. The molecule has 0 unspecified atom stereocenters. The van der Waals surface area contributed by atoms with Crippen LogP contribution in [0.3, 0.4) is 0 Å². The average Bonchev–Trinajstić information content (AvgIpc) is 2.86. The van der Waals surface area contributed by atoms with Crippen molar-refractivity contribution in [3.05, 3.63) is 22.4 Å². The molecule has 0 saturated heterocycles. The zero-order valence-corrected chi connectivity index (χ0v) is 11.6. The lowest BCUT2D eigenvalue weighted by Gasteiger charge is -2.21. The molecule has 1 atom stereocenters. The van der Waals surface area contributed by atoms with Gasteiger partial charge in [0.25, 0.3) is 5.91 Å². The fourth-order valence-corrected chi connectivity index (χ4v) is 2.07. The normalized spacial score (nSPS) is 11.9. The Morgan fingerprint density at radius 1 is 1.37 bits per heavy atom. The zero-order valence-electron chi connectivity index (χ0n) is 10.8. The Balaban J connectivity index is 2.65. The molecular weight excluding hydrogens is 266 g/mol. The van der Waals surface area contributed by atoms with Crippen LogP contribution in [0.1, 0.15) is 23.5 Å². The molecule has 4 N–H and O–H groups in total. The lowest BCUT2D eigenvalue weighted by molar-refractivity contribution is -0.126. The minimum Gasteiger partial charge on any atom is -0.368 e. The molecule has 1 heterocycles. The topological polar surface area (TPSA) is 101 Å². The number of nitrogens with two attached hydrogens (primary N) is 1. The van der Waals surface area contributed by atoms with Crippen LogP contribution in [0, 0.1) is 5.92 Å². The van der Waals surface area contributed by atoms with E-state index in [1.54, 1.807) is 17.5 Å². The number of hydrogen-bond acceptors (Lipinski definition) is 4. The molecule has 0 radical (unpaired) electrons. The van der Waals surface area contributed by atoms with Crippen molar-refractivity contribution in [3.8, 4) is 0 Å². The van der Waals surface area contributed by atoms with Crippen molar-refractivity contribution in [3.63, 3.8) is 0 Å². The third-order valence-corrected chi connectivity index (χ3v) is 3.29. The van der Waals surface area contributed by atoms with Crippen LogP contribution in [0.5, 0.6) is 0 Å². The van der Waals surface area contributed by atoms with Gasteiger partial charge in [0.2, 0.25) is 11.8 Å². The second-order valence-corrected chi connectivity index (χ2v) is 5.30. The molecule has 0 fully saturated rings. The molecule has 0 bridgehead atoms. The summed E-state index contributed by atoms with van der Waals surface area (Å²) < 4.78 is 0. The van der Waals surface area contributed by atoms with Crippen LogP contribution in [-0.2, 0) is 9.59 Å². The molecule has 0 saturated carbocycles. The number of hydrogen-bond donors (Lipinski definition) is 3. The maximum Gasteiger partial charge on any atom is 0.262 e. The highest BCUT2D eigenvalue weighted by molar-refractivity contribution is 7.12. The van der Waals surface area contributed by atoms with Gasteiger partial charge < -0.3 is 16.4 Å². The van der Waals surface area contributed by atoms with Gasteiger partial charge in [-0.1, -0.05) is 19.9 Å². The first kappa shape index (κ1) is 15.2. The molecule has 104 valence electrons. The molecule has 0 aromatic carbocycles. The molecule has 1 rings (SSSR count). The standard InChI is InChI=1S/C12H17N3O3S/c1-7(2)10(12(18)14-6-9(13)16)15-11(17)8-4-3-5-19-8/h3-5,7,10H,6H2,1-2H3,(H2,13,16)(H,14,18)(H,15,17)/t10-/m1/s1. The summed E-state index contributed by atoms with van der Waals surface area (Å²) in [6.07, 6.45) is 0. The summed E-state index contributed by atoms with van der Waals surface area (Å²) in [6.45, 7) is 3.38. The van der Waals surface area contributed by atoms with Gasteiger partial charge in [0.1, 0.15) is 6.04 Å². The molecule has 0 spiro atoms. The summed E-state index contributed by atoms with van der Waals surface area (Å²) in [5.41, 5.74) is 4.96. The minimum absolute atomic E-state index is 0.100. The van der Waals surface area contributed by atoms with E-state index in [2.05, 4.69) is 10.6 Å². The third-order valence-electron chi connectivity index (χ3n) is 2.42. The summed E-state index contributed by atoms with van der Waals surface area (Å²) in [6, 6.07) is 2.74. The fourth-order valence-electron chi connectivity index (χ4n) is 1.44. The number of rotatable bonds is 6. The van der Waals surface area contributed by atoms with Crippen molar-refractivity contribution in [2.45, 2.75) is 19.9 Å². The Morgan fingerprint density at radius 3 is 2.53 bits per heavy atom. The molecule has 19 heavy (non-hydrogen) atoms. The first-order valence-corrected chi connectivity index (χ1v) is 6.70. The molecule has 1 aromatic rings. The molecule has 0 aliphatic carbocycles. The molecule has 3 amide bonds. The van der Waals surface area contributed by atoms with Gasteiger partial charge in [0.05, 0.1) is 11.4 Å². The predicted octanol–water partition coefficient (Wildman–Crippen LogP) is 0.104. The largest absolute Gasteiger partial charge is 0.368 e. The Labute approximate surface area is 115 Å². The number of carbonyl (C=O) groups is 3. The van der Waals surface area contributed by atoms with Crippen LogP contribution in [0.25, 0.3) is 0 Å². The lowest BCUT2D eigenvalue weighted by atomic mass is 10.0. The number of nitrogens with one attached hydrogen (secondary N) is 2. The molecule has 1 aromatic heterocycles. The number of amides is 3. The van der Waals surface area contributed by atoms with Crippen molar-refractivity contribution in [2.24, 2.45) is 11.7 Å². The van der Waals surface area contributed by atoms with Gasteiger partial charge in [-0.25, -0.2) is 0 Å². The summed E-state index contributed by atoms with van der Waals surface area (Å²) in [7, 11) is 0. The zero-order chi connectivity index (χ0) is 14.4. The highest BCUT2D eigenvalue weighted by atomic mass is 32.1. The first-order valence-electron chi connectivity index (χ1n) is 5.82. The predicted molar refractivity (Wildman–Crippen MR) is 72.6 cm³/mol. The smallest absolute Gasteiger partial charge is 0.262 e. The number of primary amides is 1. The maximum atomic E-state index is 11.9. The van der Waals surface area contributed by atoms with Crippen molar-refractivity contribution >= 4 is 29.1 Å². The van der Waals surface area contributed by atoms with E-state index in [0.717, 1.165) is 0 Å². The quantitative estimate of drug-likeness (QED) is 0.690. The van der Waals surface area contributed by atoms with E-state index in [0.29, 0.717) is 4.88 Å². The monoisotopic (exact) mass is 283 g/mol. The molecule has 0 aliphatic heterocycles. The van der Waals surface area contributed by atoms with Crippen LogP contribution in [-0.4, -0.2) is 30.3 Å². The van der Waals surface area contributed by atoms with Crippen LogP contribution in [0.4, 0.5) is 0 Å². The summed E-state index contributed by atoms with van der Waals surface area (Å²) >= 11 is 1.30. The molecular formula is C12H17N3O3S. The number of carbonyl (C=O) groups excluding carboxylic acids is 3. The minimum atomic E-state index is -0.700. The van der Waals surface area contributed by atoms with Crippen molar-refractivity contribution < 1.29 is 14.4 Å². The fraction of sp³-hybridized carbons (Fsp3) is 0.417. The van der Waals surface area contributed by atoms with Crippen LogP contribution in [0.15, 0.2) is 17.5 Å². The van der Waals surface area contributed by atoms with Crippen LogP contribution >= 0.6 is 11.3 Å². The lowest BCUT2D eigenvalue weighted by Crippen LogP contribution is -2.51. The average molecular weight is 283 g/mol. The van der Waals surface area contributed by atoms with E-state index < -0.39 is 17.9 Å². The first-order chi connectivity index (χ1) is 8.91. The Kier molecular flexibility index (Phi) is 5.50. The molecule has 7 heteroatoms. The Bertz CT molecular complexity index is 457. The second-order valence-electron chi connectivity index (χ2n) is 4.36. The van der Waals surface area contributed by atoms with Crippen LogP contribution in [0.2, 0.25) is 0 Å². The van der Waals surface area contributed by atoms with Crippen molar-refractivity contribution in [1.82, 2.24) is 10.6 Å². The maximum absolute atomic E-state index is 11.9. The van der Waals surface area contributed by atoms with Crippen molar-refractivity contribution in [2.75, 3.05) is 6.54 Å². The van der Waals surface area contributed by atoms with Crippen LogP contribution < -0.4 is 16.4 Å². The van der Waals surface area contributed by atoms with Gasteiger partial charge in [-0.3, -0.25) is 14.4 Å². The third kappa shape index (κ3) is 4.70. The van der Waals surface area contributed by atoms with E-state index in [9.17, 15) is 14.4 Å². The van der Waals surface area contributed by atoms with E-state index in [4.69, 9.17) is 5.73 Å². The molecule has 6 nitrogen and oxygen atoms in total. The van der Waals surface area contributed by atoms with Gasteiger partial charge in [-0.05, 0) is 17.4 Å². The van der Waals surface area contributed by atoms with E-state index in [-0.39, 0.29) is 18.4 Å². The second kappa shape index (κ2) is 6.89. The van der Waals surface area contributed by atoms with Crippen molar-refractivity contribution in [1.29, 1.82) is 0 Å². The summed E-state index contributed by atoms with van der Waals surface area (Å²) in [5.74, 6) is -1.45. The van der Waals surface area contributed by atoms with Gasteiger partial charge in [-0.2, -0.15) is 0 Å². The Hall–Kier alpha value is -1.89. The Morgan fingerprint density at radius 2 is 2.05 bits per heavy atom. The highest BCUT2D eigenvalue weighted by Gasteiger charge is 2.24. The molecule has 0 aliphatic rings. The highest BCUT2D eigenvalue weighted by Crippen LogP contribution is 2.10. The van der Waals surface area contributed by atoms with E-state index in [1.807, 2.05) is 13.8 Å². The van der Waals surface area contributed by atoms with Gasteiger partial charge >= 0.3 is 0 Å². The van der Waals surface area contributed by atoms with Gasteiger partial charge in [0.15, 0.2) is 0 Å².